The third kappa shape index (κ3) is 4.41. The van der Waals surface area contributed by atoms with Crippen LogP contribution in [0.15, 0.2) is 79.3 Å². The van der Waals surface area contributed by atoms with E-state index in [1.54, 1.807) is 0 Å². The molecular weight excluding hydrogens is 380 g/mol. The number of aromatic nitrogens is 2. The van der Waals surface area contributed by atoms with Gasteiger partial charge in [-0.15, -0.1) is 0 Å². The van der Waals surface area contributed by atoms with E-state index in [1.807, 2.05) is 12.4 Å². The highest BCUT2D eigenvalue weighted by molar-refractivity contribution is 5.96. The molecular formula is C27H30N4. The third-order valence-electron chi connectivity index (χ3n) is 6.41. The zero-order chi connectivity index (χ0) is 21.0. The van der Waals surface area contributed by atoms with Crippen molar-refractivity contribution >= 4 is 10.9 Å². The number of rotatable bonds is 6. The van der Waals surface area contributed by atoms with E-state index < -0.39 is 0 Å². The summed E-state index contributed by atoms with van der Waals surface area (Å²) in [7, 11) is 2.21. The Bertz CT molecular complexity index is 1140. The van der Waals surface area contributed by atoms with E-state index in [1.165, 1.54) is 66.7 Å². The van der Waals surface area contributed by atoms with Gasteiger partial charge in [0.15, 0.2) is 0 Å². The van der Waals surface area contributed by atoms with Crippen molar-refractivity contribution < 1.29 is 0 Å². The van der Waals surface area contributed by atoms with Crippen molar-refractivity contribution in [2.45, 2.75) is 13.0 Å². The lowest BCUT2D eigenvalue weighted by Crippen LogP contribution is -2.44. The minimum Gasteiger partial charge on any atom is -0.347 e. The summed E-state index contributed by atoms with van der Waals surface area (Å²) in [5.74, 6) is 0. The van der Waals surface area contributed by atoms with Gasteiger partial charge >= 0.3 is 0 Å². The summed E-state index contributed by atoms with van der Waals surface area (Å²) >= 11 is 0. The number of aryl methyl sites for hydroxylation is 1. The molecule has 1 fully saturated rings. The van der Waals surface area contributed by atoms with E-state index in [0.29, 0.717) is 0 Å². The minimum absolute atomic E-state index is 1.04. The Hall–Kier alpha value is -2.95. The Morgan fingerprint density at radius 1 is 0.774 bits per heavy atom. The smallest absolute Gasteiger partial charge is 0.0486 e. The van der Waals surface area contributed by atoms with Gasteiger partial charge in [-0.05, 0) is 37.7 Å². The molecule has 0 saturated carbocycles. The molecule has 0 unspecified atom stereocenters. The van der Waals surface area contributed by atoms with Crippen LogP contribution in [0.5, 0.6) is 0 Å². The zero-order valence-corrected chi connectivity index (χ0v) is 18.2. The fraction of sp³-hybridized carbons (Fsp3) is 0.296. The first-order valence-corrected chi connectivity index (χ1v) is 11.3. The summed E-state index contributed by atoms with van der Waals surface area (Å²) in [6.07, 6.45) is 7.43. The van der Waals surface area contributed by atoms with E-state index in [-0.39, 0.29) is 0 Å². The van der Waals surface area contributed by atoms with Gasteiger partial charge in [-0.25, -0.2) is 0 Å². The number of hydrogen-bond donors (Lipinski definition) is 0. The highest BCUT2D eigenvalue weighted by Crippen LogP contribution is 2.32. The van der Waals surface area contributed by atoms with Gasteiger partial charge in [-0.2, -0.15) is 0 Å². The molecule has 0 radical (unpaired) electrons. The van der Waals surface area contributed by atoms with Gasteiger partial charge in [0.25, 0.3) is 0 Å². The fourth-order valence-corrected chi connectivity index (χ4v) is 4.57. The molecule has 0 amide bonds. The van der Waals surface area contributed by atoms with Crippen LogP contribution in [-0.4, -0.2) is 59.1 Å². The Labute approximate surface area is 184 Å². The van der Waals surface area contributed by atoms with E-state index in [4.69, 9.17) is 0 Å². The monoisotopic (exact) mass is 410 g/mol. The van der Waals surface area contributed by atoms with Crippen LogP contribution in [0, 0.1) is 0 Å². The lowest BCUT2D eigenvalue weighted by molar-refractivity contribution is 0.151. The third-order valence-corrected chi connectivity index (χ3v) is 6.41. The number of benzene rings is 2. The van der Waals surface area contributed by atoms with Crippen molar-refractivity contribution in [1.82, 2.24) is 19.4 Å². The predicted octanol–water partition coefficient (Wildman–Crippen LogP) is 5.01. The molecule has 158 valence electrons. The molecule has 2 aromatic heterocycles. The molecule has 1 saturated heterocycles. The molecule has 3 heterocycles. The predicted molar refractivity (Wildman–Crippen MR) is 129 cm³/mol. The Balaban J connectivity index is 1.39. The summed E-state index contributed by atoms with van der Waals surface area (Å²) < 4.78 is 2.43. The van der Waals surface area contributed by atoms with Crippen molar-refractivity contribution in [2.75, 3.05) is 39.8 Å². The largest absolute Gasteiger partial charge is 0.347 e. The number of nitrogens with zero attached hydrogens (tertiary/aromatic N) is 4. The molecule has 4 heteroatoms. The number of piperazine rings is 1. The molecule has 4 nitrogen and oxygen atoms in total. The normalized spacial score (nSPS) is 15.5. The highest BCUT2D eigenvalue weighted by Gasteiger charge is 2.14. The van der Waals surface area contributed by atoms with Crippen LogP contribution >= 0.6 is 0 Å². The van der Waals surface area contributed by atoms with Crippen molar-refractivity contribution in [3.8, 4) is 22.3 Å². The molecule has 0 N–H and O–H groups in total. The number of likely N-dealkylation sites (N-methyl/N-ethyl adjacent to an activating group) is 1. The van der Waals surface area contributed by atoms with Crippen LogP contribution in [0.4, 0.5) is 0 Å². The number of fused-ring (bicyclic) bond motifs is 1. The van der Waals surface area contributed by atoms with E-state index in [2.05, 4.69) is 93.3 Å². The van der Waals surface area contributed by atoms with Gasteiger partial charge in [0.2, 0.25) is 0 Å². The summed E-state index contributed by atoms with van der Waals surface area (Å²) in [4.78, 5) is 9.58. The van der Waals surface area contributed by atoms with Crippen LogP contribution in [0.3, 0.4) is 0 Å². The van der Waals surface area contributed by atoms with Crippen molar-refractivity contribution in [3.05, 3.63) is 79.3 Å². The zero-order valence-electron chi connectivity index (χ0n) is 18.2. The summed E-state index contributed by atoms with van der Waals surface area (Å²) in [6.45, 7) is 6.94. The van der Waals surface area contributed by atoms with Gasteiger partial charge in [-0.1, -0.05) is 48.5 Å². The molecule has 2 aromatic carbocycles. The van der Waals surface area contributed by atoms with Crippen LogP contribution in [0.1, 0.15) is 6.42 Å². The second-order valence-electron chi connectivity index (χ2n) is 8.58. The second kappa shape index (κ2) is 9.04. The molecule has 0 spiro atoms. The van der Waals surface area contributed by atoms with Crippen LogP contribution in [0.25, 0.3) is 33.2 Å². The summed E-state index contributed by atoms with van der Waals surface area (Å²) in [5.41, 5.74) is 6.11. The Kier molecular flexibility index (Phi) is 5.83. The first-order valence-electron chi connectivity index (χ1n) is 11.3. The van der Waals surface area contributed by atoms with Gasteiger partial charge in [0, 0.05) is 78.9 Å². The van der Waals surface area contributed by atoms with Crippen molar-refractivity contribution in [2.24, 2.45) is 0 Å². The molecule has 0 aliphatic carbocycles. The van der Waals surface area contributed by atoms with Gasteiger partial charge in [0.1, 0.15) is 0 Å². The van der Waals surface area contributed by atoms with Gasteiger partial charge in [0.05, 0.1) is 0 Å². The first kappa shape index (κ1) is 20.0. The average Bonchev–Trinajstić information content (AvgIpc) is 3.20. The topological polar surface area (TPSA) is 24.3 Å². The molecule has 4 aromatic rings. The second-order valence-corrected chi connectivity index (χ2v) is 8.58. The summed E-state index contributed by atoms with van der Waals surface area (Å²) in [5, 5.41) is 1.30. The fourth-order valence-electron chi connectivity index (χ4n) is 4.57. The van der Waals surface area contributed by atoms with Crippen LogP contribution in [-0.2, 0) is 6.54 Å². The van der Waals surface area contributed by atoms with Crippen molar-refractivity contribution in [1.29, 1.82) is 0 Å². The maximum Gasteiger partial charge on any atom is 0.0486 e. The minimum atomic E-state index is 1.04. The van der Waals surface area contributed by atoms with Crippen LogP contribution < -0.4 is 0 Å². The molecule has 0 atom stereocenters. The maximum atomic E-state index is 4.56. The number of para-hydroxylation sites is 1. The Morgan fingerprint density at radius 3 is 2.35 bits per heavy atom. The van der Waals surface area contributed by atoms with E-state index in [9.17, 15) is 0 Å². The van der Waals surface area contributed by atoms with Gasteiger partial charge < -0.3 is 14.4 Å². The van der Waals surface area contributed by atoms with Crippen molar-refractivity contribution in [3.63, 3.8) is 0 Å². The standard InChI is InChI=1S/C27H30N4/c1-29-14-16-30(17-15-29)12-7-13-31-21-26(25-10-5-6-11-27(25)31)24-18-23(19-28-20-24)22-8-3-2-4-9-22/h2-6,8-11,18-21H,7,12-17H2,1H3. The SMILES string of the molecule is CN1CCN(CCCn2cc(-c3cncc(-c4ccccc4)c3)c3ccccc32)CC1. The quantitative estimate of drug-likeness (QED) is 0.447. The first-order chi connectivity index (χ1) is 15.3. The van der Waals surface area contributed by atoms with E-state index >= 15 is 0 Å². The molecule has 31 heavy (non-hydrogen) atoms. The lowest BCUT2D eigenvalue weighted by atomic mass is 10.0. The lowest BCUT2D eigenvalue weighted by Gasteiger charge is -2.32. The Morgan fingerprint density at radius 2 is 1.52 bits per heavy atom. The van der Waals surface area contributed by atoms with Crippen LogP contribution in [0.2, 0.25) is 0 Å². The molecule has 1 aliphatic heterocycles. The molecule has 5 rings (SSSR count). The highest BCUT2D eigenvalue weighted by atomic mass is 15.2. The molecule has 1 aliphatic rings. The average molecular weight is 411 g/mol. The molecule has 0 bridgehead atoms. The number of hydrogen-bond acceptors (Lipinski definition) is 3. The summed E-state index contributed by atoms with van der Waals surface area (Å²) in [6, 6.07) is 21.5. The van der Waals surface area contributed by atoms with E-state index in [0.717, 1.165) is 12.1 Å². The van der Waals surface area contributed by atoms with Gasteiger partial charge in [-0.3, -0.25) is 4.98 Å². The maximum absolute atomic E-state index is 4.56. The number of pyridine rings is 1.